The summed E-state index contributed by atoms with van der Waals surface area (Å²) in [5, 5.41) is 15.6. The van der Waals surface area contributed by atoms with Gasteiger partial charge in [-0.05, 0) is 56.7 Å². The maximum absolute atomic E-state index is 9.93. The van der Waals surface area contributed by atoms with Crippen LogP contribution in [-0.2, 0) is 7.05 Å². The van der Waals surface area contributed by atoms with E-state index in [1.807, 2.05) is 18.3 Å². The molecule has 0 fully saturated rings. The van der Waals surface area contributed by atoms with Gasteiger partial charge in [0.1, 0.15) is 11.6 Å². The van der Waals surface area contributed by atoms with Crippen LogP contribution in [0.4, 0.5) is 5.82 Å². The van der Waals surface area contributed by atoms with E-state index in [1.54, 1.807) is 6.07 Å². The van der Waals surface area contributed by atoms with Crippen molar-refractivity contribution in [1.29, 1.82) is 0 Å². The molecule has 2 N–H and O–H groups in total. The molecule has 5 heteroatoms. The minimum atomic E-state index is 0.286. The first-order valence-corrected chi connectivity index (χ1v) is 9.09. The molecule has 1 aromatic carbocycles. The maximum Gasteiger partial charge on any atom is 0.136 e. The fourth-order valence-electron chi connectivity index (χ4n) is 3.60. The number of anilines is 1. The van der Waals surface area contributed by atoms with Crippen LogP contribution in [0, 0.1) is 6.92 Å². The van der Waals surface area contributed by atoms with Crippen molar-refractivity contribution in [3.63, 3.8) is 0 Å². The van der Waals surface area contributed by atoms with Crippen molar-refractivity contribution in [2.24, 2.45) is 7.05 Å². The maximum atomic E-state index is 9.93. The van der Waals surface area contributed by atoms with E-state index in [0.29, 0.717) is 0 Å². The zero-order valence-corrected chi connectivity index (χ0v) is 15.6. The summed E-state index contributed by atoms with van der Waals surface area (Å²) in [6.07, 6.45) is 3.00. The van der Waals surface area contributed by atoms with Crippen LogP contribution in [0.3, 0.4) is 0 Å². The Morgan fingerprint density at radius 3 is 2.72 bits per heavy atom. The van der Waals surface area contributed by atoms with Crippen LogP contribution in [0.5, 0.6) is 5.75 Å². The zero-order chi connectivity index (χ0) is 18.0. The minimum Gasteiger partial charge on any atom is -0.508 e. The number of hydrogen-bond acceptors (Lipinski definition) is 4. The molecule has 2 heterocycles. The van der Waals surface area contributed by atoms with Crippen LogP contribution in [0.2, 0.25) is 0 Å². The van der Waals surface area contributed by atoms with E-state index in [9.17, 15) is 5.11 Å². The number of aromatic hydroxyl groups is 1. The number of nitrogens with one attached hydrogen (secondary N) is 1. The van der Waals surface area contributed by atoms with Crippen molar-refractivity contribution in [3.8, 4) is 5.75 Å². The van der Waals surface area contributed by atoms with Gasteiger partial charge in [-0.25, -0.2) is 4.98 Å². The molecule has 0 unspecified atom stereocenters. The molecule has 0 radical (unpaired) electrons. The van der Waals surface area contributed by atoms with Gasteiger partial charge >= 0.3 is 0 Å². The van der Waals surface area contributed by atoms with Crippen molar-refractivity contribution in [2.45, 2.75) is 27.2 Å². The Morgan fingerprint density at radius 1 is 1.24 bits per heavy atom. The number of phenols is 1. The number of aryl methyl sites for hydroxylation is 2. The lowest BCUT2D eigenvalue weighted by Gasteiger charge is -2.18. The quantitative estimate of drug-likeness (QED) is 0.641. The Bertz CT molecular complexity index is 880. The number of hydrogen-bond donors (Lipinski definition) is 2. The minimum absolute atomic E-state index is 0.286. The number of aromatic nitrogens is 2. The smallest absolute Gasteiger partial charge is 0.136 e. The lowest BCUT2D eigenvalue weighted by atomic mass is 10.1. The van der Waals surface area contributed by atoms with Crippen molar-refractivity contribution >= 4 is 27.6 Å². The second-order valence-electron chi connectivity index (χ2n) is 6.58. The van der Waals surface area contributed by atoms with E-state index >= 15 is 0 Å². The highest BCUT2D eigenvalue weighted by molar-refractivity contribution is 6.14. The van der Waals surface area contributed by atoms with E-state index in [1.165, 1.54) is 5.52 Å². The second-order valence-corrected chi connectivity index (χ2v) is 6.58. The average Bonchev–Trinajstić information content (AvgIpc) is 2.90. The van der Waals surface area contributed by atoms with Crippen LogP contribution in [0.1, 0.15) is 25.8 Å². The summed E-state index contributed by atoms with van der Waals surface area (Å²) >= 11 is 0. The van der Waals surface area contributed by atoms with E-state index in [0.717, 1.165) is 60.3 Å². The Hall–Kier alpha value is -2.27. The van der Waals surface area contributed by atoms with Gasteiger partial charge in [-0.1, -0.05) is 13.8 Å². The summed E-state index contributed by atoms with van der Waals surface area (Å²) in [5.74, 6) is 1.19. The Morgan fingerprint density at radius 2 is 2.00 bits per heavy atom. The third kappa shape index (κ3) is 3.29. The first kappa shape index (κ1) is 17.5. The molecular weight excluding hydrogens is 312 g/mol. The van der Waals surface area contributed by atoms with Gasteiger partial charge in [-0.3, -0.25) is 0 Å². The lowest BCUT2D eigenvalue weighted by molar-refractivity contribution is 0.303. The first-order valence-electron chi connectivity index (χ1n) is 9.09. The second kappa shape index (κ2) is 7.31. The predicted molar refractivity (Wildman–Crippen MR) is 106 cm³/mol. The van der Waals surface area contributed by atoms with Crippen LogP contribution in [-0.4, -0.2) is 45.7 Å². The molecule has 0 amide bonds. The molecule has 0 atom stereocenters. The molecule has 3 aromatic rings. The molecule has 0 spiro atoms. The van der Waals surface area contributed by atoms with Crippen LogP contribution >= 0.6 is 0 Å². The molecule has 0 aliphatic rings. The van der Waals surface area contributed by atoms with Gasteiger partial charge < -0.3 is 19.9 Å². The molecule has 0 saturated carbocycles. The average molecular weight is 340 g/mol. The molecule has 25 heavy (non-hydrogen) atoms. The van der Waals surface area contributed by atoms with E-state index < -0.39 is 0 Å². The summed E-state index contributed by atoms with van der Waals surface area (Å²) in [5.41, 5.74) is 3.42. The number of phenolic OH excluding ortho intramolecular Hbond substituents is 1. The van der Waals surface area contributed by atoms with Crippen molar-refractivity contribution in [2.75, 3.05) is 31.5 Å². The Kier molecular flexibility index (Phi) is 5.13. The molecule has 0 bridgehead atoms. The van der Waals surface area contributed by atoms with Gasteiger partial charge in [0.05, 0.1) is 10.9 Å². The largest absolute Gasteiger partial charge is 0.508 e. The summed E-state index contributed by atoms with van der Waals surface area (Å²) in [6.45, 7) is 10.6. The summed E-state index contributed by atoms with van der Waals surface area (Å²) in [6, 6.07) is 5.54. The lowest BCUT2D eigenvalue weighted by Crippen LogP contribution is -2.25. The first-order chi connectivity index (χ1) is 12.1. The molecule has 0 saturated heterocycles. The van der Waals surface area contributed by atoms with Crippen LogP contribution < -0.4 is 5.32 Å². The molecule has 3 rings (SSSR count). The highest BCUT2D eigenvalue weighted by Crippen LogP contribution is 2.35. The van der Waals surface area contributed by atoms with Crippen molar-refractivity contribution in [3.05, 3.63) is 30.0 Å². The van der Waals surface area contributed by atoms with Gasteiger partial charge in [-0.2, -0.15) is 0 Å². The third-order valence-corrected chi connectivity index (χ3v) is 5.02. The van der Waals surface area contributed by atoms with Gasteiger partial charge in [0.25, 0.3) is 0 Å². The normalized spacial score (nSPS) is 11.7. The standard InChI is InChI=1S/C20H28N4O/c1-5-24(6-2)11-7-10-21-20-18-16-12-15(25)8-9-17(16)23(4)19(18)14(3)13-22-20/h8-9,12-13,25H,5-7,10-11H2,1-4H3,(H,21,22). The molecular formula is C20H28N4O. The number of benzene rings is 1. The molecule has 5 nitrogen and oxygen atoms in total. The number of nitrogens with zero attached hydrogens (tertiary/aromatic N) is 3. The van der Waals surface area contributed by atoms with Gasteiger partial charge in [0.15, 0.2) is 0 Å². The van der Waals surface area contributed by atoms with E-state index in [4.69, 9.17) is 0 Å². The molecule has 0 aliphatic carbocycles. The summed E-state index contributed by atoms with van der Waals surface area (Å²) in [4.78, 5) is 7.06. The molecule has 2 aromatic heterocycles. The number of pyridine rings is 1. The van der Waals surface area contributed by atoms with Gasteiger partial charge in [0, 0.05) is 30.7 Å². The van der Waals surface area contributed by atoms with Gasteiger partial charge in [-0.15, -0.1) is 0 Å². The highest BCUT2D eigenvalue weighted by atomic mass is 16.3. The Balaban J connectivity index is 1.93. The topological polar surface area (TPSA) is 53.3 Å². The van der Waals surface area contributed by atoms with Crippen LogP contribution in [0.15, 0.2) is 24.4 Å². The SMILES string of the molecule is CCN(CC)CCCNc1ncc(C)c2c1c1cc(O)ccc1n2C. The van der Waals surface area contributed by atoms with Crippen molar-refractivity contribution in [1.82, 2.24) is 14.5 Å². The van der Waals surface area contributed by atoms with E-state index in [2.05, 4.69) is 47.6 Å². The van der Waals surface area contributed by atoms with Crippen LogP contribution in [0.25, 0.3) is 21.8 Å². The monoisotopic (exact) mass is 340 g/mol. The highest BCUT2D eigenvalue weighted by Gasteiger charge is 2.15. The molecule has 0 aliphatic heterocycles. The number of fused-ring (bicyclic) bond motifs is 3. The van der Waals surface area contributed by atoms with E-state index in [-0.39, 0.29) is 5.75 Å². The van der Waals surface area contributed by atoms with Crippen molar-refractivity contribution < 1.29 is 5.11 Å². The Labute approximate surface area is 149 Å². The fourth-order valence-corrected chi connectivity index (χ4v) is 3.60. The summed E-state index contributed by atoms with van der Waals surface area (Å²) in [7, 11) is 2.07. The third-order valence-electron chi connectivity index (χ3n) is 5.02. The zero-order valence-electron chi connectivity index (χ0n) is 15.6. The molecule has 134 valence electrons. The number of rotatable bonds is 7. The summed E-state index contributed by atoms with van der Waals surface area (Å²) < 4.78 is 2.18. The predicted octanol–water partition coefficient (Wildman–Crippen LogP) is 3.88. The van der Waals surface area contributed by atoms with Gasteiger partial charge in [0.2, 0.25) is 0 Å². The fraction of sp³-hybridized carbons (Fsp3) is 0.450.